The Balaban J connectivity index is 2.07. The first-order valence-electron chi connectivity index (χ1n) is 5.55. The molecule has 0 radical (unpaired) electrons. The number of ether oxygens (including phenoxy) is 1. The van der Waals surface area contributed by atoms with Gasteiger partial charge >= 0.3 is 0 Å². The average Bonchev–Trinajstić information content (AvgIpc) is 2.38. The highest BCUT2D eigenvalue weighted by atomic mass is 35.5. The van der Waals surface area contributed by atoms with Crippen molar-refractivity contribution in [2.45, 2.75) is 6.54 Å². The van der Waals surface area contributed by atoms with Crippen LogP contribution >= 0.6 is 11.6 Å². The van der Waals surface area contributed by atoms with Gasteiger partial charge in [-0.2, -0.15) is 0 Å². The minimum atomic E-state index is 0.113. The van der Waals surface area contributed by atoms with Gasteiger partial charge in [0.05, 0.1) is 7.11 Å². The molecule has 4 heteroatoms. The van der Waals surface area contributed by atoms with Crippen molar-refractivity contribution >= 4 is 17.3 Å². The zero-order valence-electron chi connectivity index (χ0n) is 9.98. The molecule has 3 nitrogen and oxygen atoms in total. The molecule has 0 unspecified atom stereocenters. The van der Waals surface area contributed by atoms with Gasteiger partial charge < -0.3 is 15.2 Å². The third-order valence-electron chi connectivity index (χ3n) is 2.62. The first-order valence-corrected chi connectivity index (χ1v) is 5.93. The summed E-state index contributed by atoms with van der Waals surface area (Å²) >= 11 is 6.06. The van der Waals surface area contributed by atoms with Crippen molar-refractivity contribution in [3.05, 3.63) is 53.1 Å². The van der Waals surface area contributed by atoms with Gasteiger partial charge in [0, 0.05) is 23.3 Å². The van der Waals surface area contributed by atoms with Crippen molar-refractivity contribution in [1.82, 2.24) is 0 Å². The Hall–Kier alpha value is -1.87. The summed E-state index contributed by atoms with van der Waals surface area (Å²) in [5, 5.41) is 13.6. The smallest absolute Gasteiger partial charge is 0.160 e. The number of hydrogen-bond donors (Lipinski definition) is 2. The monoisotopic (exact) mass is 263 g/mol. The number of nitrogens with one attached hydrogen (secondary N) is 1. The predicted molar refractivity (Wildman–Crippen MR) is 73.4 cm³/mol. The fraction of sp³-hybridized carbons (Fsp3) is 0.143. The largest absolute Gasteiger partial charge is 0.504 e. The Morgan fingerprint density at radius 1 is 1.22 bits per heavy atom. The van der Waals surface area contributed by atoms with E-state index in [4.69, 9.17) is 16.3 Å². The molecule has 0 bridgehead atoms. The summed E-state index contributed by atoms with van der Waals surface area (Å²) in [6, 6.07) is 12.8. The van der Waals surface area contributed by atoms with Gasteiger partial charge in [-0.3, -0.25) is 0 Å². The molecule has 0 aromatic heterocycles. The van der Waals surface area contributed by atoms with E-state index in [2.05, 4.69) is 5.32 Å². The van der Waals surface area contributed by atoms with Crippen LogP contribution in [0.2, 0.25) is 5.02 Å². The quantitative estimate of drug-likeness (QED) is 0.884. The number of phenolic OH excluding ortho intramolecular Hbond substituents is 1. The first-order chi connectivity index (χ1) is 8.70. The van der Waals surface area contributed by atoms with Crippen LogP contribution in [0.25, 0.3) is 0 Å². The highest BCUT2D eigenvalue weighted by Gasteiger charge is 2.03. The maximum Gasteiger partial charge on any atom is 0.160 e. The van der Waals surface area contributed by atoms with E-state index in [0.29, 0.717) is 12.3 Å². The summed E-state index contributed by atoms with van der Waals surface area (Å²) in [7, 11) is 1.52. The van der Waals surface area contributed by atoms with Crippen LogP contribution in [-0.2, 0) is 6.54 Å². The number of aromatic hydroxyl groups is 1. The van der Waals surface area contributed by atoms with Gasteiger partial charge in [-0.25, -0.2) is 0 Å². The number of benzene rings is 2. The van der Waals surface area contributed by atoms with Crippen molar-refractivity contribution in [2.75, 3.05) is 12.4 Å². The Kier molecular flexibility index (Phi) is 3.95. The number of phenols is 1. The van der Waals surface area contributed by atoms with E-state index in [-0.39, 0.29) is 5.75 Å². The van der Waals surface area contributed by atoms with E-state index in [9.17, 15) is 5.11 Å². The van der Waals surface area contributed by atoms with Crippen LogP contribution in [0.5, 0.6) is 11.5 Å². The number of rotatable bonds is 4. The molecule has 2 aromatic rings. The van der Waals surface area contributed by atoms with Gasteiger partial charge in [-0.15, -0.1) is 0 Å². The molecule has 0 atom stereocenters. The minimum absolute atomic E-state index is 0.113. The van der Waals surface area contributed by atoms with Gasteiger partial charge in [-0.05, 0) is 23.8 Å². The van der Waals surface area contributed by atoms with Gasteiger partial charge in [0.1, 0.15) is 0 Å². The van der Waals surface area contributed by atoms with E-state index in [1.54, 1.807) is 12.1 Å². The molecule has 2 aromatic carbocycles. The molecule has 0 aliphatic heterocycles. The van der Waals surface area contributed by atoms with E-state index in [0.717, 1.165) is 16.3 Å². The van der Waals surface area contributed by atoms with E-state index < -0.39 is 0 Å². The summed E-state index contributed by atoms with van der Waals surface area (Å²) in [4.78, 5) is 0. The number of hydrogen-bond acceptors (Lipinski definition) is 3. The minimum Gasteiger partial charge on any atom is -0.504 e. The standard InChI is InChI=1S/C14H14ClNO2/c1-18-14-7-6-11(8-13(14)17)16-9-10-4-2-3-5-12(10)15/h2-8,16-17H,9H2,1H3. The Bertz CT molecular complexity index is 543. The van der Waals surface area contributed by atoms with Crippen LogP contribution in [-0.4, -0.2) is 12.2 Å². The predicted octanol–water partition coefficient (Wildman–Crippen LogP) is 3.67. The summed E-state index contributed by atoms with van der Waals surface area (Å²) in [5.74, 6) is 0.569. The maximum absolute atomic E-state index is 9.65. The molecular weight excluding hydrogens is 250 g/mol. The van der Waals surface area contributed by atoms with Crippen LogP contribution in [0.1, 0.15) is 5.56 Å². The normalized spacial score (nSPS) is 10.1. The molecule has 0 spiro atoms. The third-order valence-corrected chi connectivity index (χ3v) is 2.99. The van der Waals surface area contributed by atoms with Crippen LogP contribution < -0.4 is 10.1 Å². The molecule has 0 saturated carbocycles. The van der Waals surface area contributed by atoms with Crippen molar-refractivity contribution in [3.63, 3.8) is 0 Å². The van der Waals surface area contributed by atoms with Gasteiger partial charge in [-0.1, -0.05) is 29.8 Å². The summed E-state index contributed by atoms with van der Waals surface area (Å²) in [5.41, 5.74) is 1.82. The van der Waals surface area contributed by atoms with Gasteiger partial charge in [0.25, 0.3) is 0 Å². The van der Waals surface area contributed by atoms with Gasteiger partial charge in [0.2, 0.25) is 0 Å². The van der Waals surface area contributed by atoms with E-state index >= 15 is 0 Å². The Morgan fingerprint density at radius 3 is 2.67 bits per heavy atom. The highest BCUT2D eigenvalue weighted by Crippen LogP contribution is 2.29. The SMILES string of the molecule is COc1ccc(NCc2ccccc2Cl)cc1O. The highest BCUT2D eigenvalue weighted by molar-refractivity contribution is 6.31. The van der Waals surface area contributed by atoms with E-state index in [1.165, 1.54) is 7.11 Å². The molecule has 18 heavy (non-hydrogen) atoms. The number of methoxy groups -OCH3 is 1. The number of halogens is 1. The van der Waals surface area contributed by atoms with Crippen LogP contribution in [0.15, 0.2) is 42.5 Å². The van der Waals surface area contributed by atoms with Crippen LogP contribution in [0.3, 0.4) is 0 Å². The Labute approximate surface area is 111 Å². The second kappa shape index (κ2) is 5.65. The molecule has 94 valence electrons. The van der Waals surface area contributed by atoms with Crippen molar-refractivity contribution in [2.24, 2.45) is 0 Å². The van der Waals surface area contributed by atoms with Crippen molar-refractivity contribution in [3.8, 4) is 11.5 Å². The summed E-state index contributed by atoms with van der Waals surface area (Å²) in [6.07, 6.45) is 0. The van der Waals surface area contributed by atoms with Crippen LogP contribution in [0.4, 0.5) is 5.69 Å². The zero-order chi connectivity index (χ0) is 13.0. The fourth-order valence-electron chi connectivity index (χ4n) is 1.64. The second-order valence-electron chi connectivity index (χ2n) is 3.83. The topological polar surface area (TPSA) is 41.5 Å². The van der Waals surface area contributed by atoms with Crippen molar-refractivity contribution in [1.29, 1.82) is 0 Å². The summed E-state index contributed by atoms with van der Waals surface area (Å²) in [6.45, 7) is 0.603. The van der Waals surface area contributed by atoms with E-state index in [1.807, 2.05) is 30.3 Å². The molecular formula is C14H14ClNO2. The lowest BCUT2D eigenvalue weighted by Crippen LogP contribution is -1.99. The second-order valence-corrected chi connectivity index (χ2v) is 4.24. The zero-order valence-corrected chi connectivity index (χ0v) is 10.7. The first kappa shape index (κ1) is 12.6. The lowest BCUT2D eigenvalue weighted by atomic mass is 10.2. The Morgan fingerprint density at radius 2 is 2.00 bits per heavy atom. The van der Waals surface area contributed by atoms with Gasteiger partial charge in [0.15, 0.2) is 11.5 Å². The molecule has 2 N–H and O–H groups in total. The fourth-order valence-corrected chi connectivity index (χ4v) is 1.84. The molecule has 0 aliphatic carbocycles. The van der Waals surface area contributed by atoms with Crippen molar-refractivity contribution < 1.29 is 9.84 Å². The van der Waals surface area contributed by atoms with Crippen LogP contribution in [0, 0.1) is 0 Å². The molecule has 2 rings (SSSR count). The molecule has 0 heterocycles. The molecule has 0 amide bonds. The summed E-state index contributed by atoms with van der Waals surface area (Å²) < 4.78 is 4.98. The molecule has 0 aliphatic rings. The average molecular weight is 264 g/mol. The molecule has 0 fully saturated rings. The molecule has 0 saturated heterocycles. The lowest BCUT2D eigenvalue weighted by Gasteiger charge is -2.10. The lowest BCUT2D eigenvalue weighted by molar-refractivity contribution is 0.373. The third kappa shape index (κ3) is 2.87. The number of anilines is 1. The maximum atomic E-state index is 9.65.